The molecule has 1 amide bonds. The summed E-state index contributed by atoms with van der Waals surface area (Å²) in [5.74, 6) is -0.622. The van der Waals surface area contributed by atoms with Crippen LogP contribution < -0.4 is 5.32 Å². The molecule has 1 aromatic heterocycles. The number of anilines is 1. The summed E-state index contributed by atoms with van der Waals surface area (Å²) in [6, 6.07) is 12.6. The number of phenols is 1. The van der Waals surface area contributed by atoms with E-state index in [0.717, 1.165) is 15.4 Å². The number of aromatic hydroxyl groups is 1. The number of carbonyl (C=O) groups is 2. The number of hydrogen-bond donors (Lipinski definition) is 3. The van der Waals surface area contributed by atoms with Crippen LogP contribution in [-0.2, 0) is 16.0 Å². The van der Waals surface area contributed by atoms with E-state index in [9.17, 15) is 14.7 Å². The van der Waals surface area contributed by atoms with Crippen molar-refractivity contribution < 1.29 is 19.4 Å². The highest BCUT2D eigenvalue weighted by molar-refractivity contribution is 9.10. The average molecular weight is 431 g/mol. The molecule has 7 heteroatoms. The number of methoxy groups -OCH3 is 1. The maximum absolute atomic E-state index is 12.5. The van der Waals surface area contributed by atoms with Crippen molar-refractivity contribution in [2.24, 2.45) is 0 Å². The first kappa shape index (κ1) is 19.0. The monoisotopic (exact) mass is 430 g/mol. The summed E-state index contributed by atoms with van der Waals surface area (Å²) in [6.45, 7) is 0. The van der Waals surface area contributed by atoms with Crippen LogP contribution >= 0.6 is 15.9 Å². The van der Waals surface area contributed by atoms with Gasteiger partial charge >= 0.3 is 5.97 Å². The lowest BCUT2D eigenvalue weighted by atomic mass is 10.1. The molecule has 0 unspecified atom stereocenters. The van der Waals surface area contributed by atoms with Crippen molar-refractivity contribution in [3.63, 3.8) is 0 Å². The second kappa shape index (κ2) is 8.26. The molecule has 0 atom stereocenters. The smallest absolute Gasteiger partial charge is 0.305 e. The number of fused-ring (bicyclic) bond motifs is 1. The maximum Gasteiger partial charge on any atom is 0.305 e. The van der Waals surface area contributed by atoms with Crippen LogP contribution in [0.3, 0.4) is 0 Å². The van der Waals surface area contributed by atoms with Crippen molar-refractivity contribution in [2.45, 2.75) is 19.3 Å². The van der Waals surface area contributed by atoms with Gasteiger partial charge in [-0.25, -0.2) is 0 Å². The van der Waals surface area contributed by atoms with E-state index >= 15 is 0 Å². The number of halogens is 1. The van der Waals surface area contributed by atoms with Gasteiger partial charge < -0.3 is 20.1 Å². The van der Waals surface area contributed by atoms with E-state index in [1.807, 2.05) is 18.2 Å². The number of hydrogen-bond acceptors (Lipinski definition) is 4. The molecule has 0 spiro atoms. The Morgan fingerprint density at radius 1 is 1.22 bits per heavy atom. The second-order valence-electron chi connectivity index (χ2n) is 6.11. The van der Waals surface area contributed by atoms with Crippen LogP contribution in [0.5, 0.6) is 5.75 Å². The summed E-state index contributed by atoms with van der Waals surface area (Å²) < 4.78 is 5.54. The lowest BCUT2D eigenvalue weighted by Crippen LogP contribution is -2.12. The van der Waals surface area contributed by atoms with Crippen LogP contribution in [0.15, 0.2) is 46.9 Å². The number of H-pyrrole nitrogens is 1. The Bertz CT molecular complexity index is 997. The number of ether oxygens (including phenoxy) is 1. The van der Waals surface area contributed by atoms with Crippen LogP contribution in [0.1, 0.15) is 28.9 Å². The zero-order chi connectivity index (χ0) is 19.4. The quantitative estimate of drug-likeness (QED) is 0.399. The molecule has 6 nitrogen and oxygen atoms in total. The van der Waals surface area contributed by atoms with E-state index in [1.165, 1.54) is 7.11 Å². The van der Waals surface area contributed by atoms with Crippen LogP contribution in [0.25, 0.3) is 10.9 Å². The molecule has 0 aliphatic rings. The maximum atomic E-state index is 12.5. The average Bonchev–Trinajstić information content (AvgIpc) is 3.07. The molecule has 0 saturated heterocycles. The highest BCUT2D eigenvalue weighted by Crippen LogP contribution is 2.29. The minimum atomic E-state index is -0.343. The fourth-order valence-electron chi connectivity index (χ4n) is 2.83. The zero-order valence-corrected chi connectivity index (χ0v) is 16.3. The van der Waals surface area contributed by atoms with Crippen LogP contribution in [-0.4, -0.2) is 29.1 Å². The van der Waals surface area contributed by atoms with Gasteiger partial charge in [0.2, 0.25) is 0 Å². The third-order valence-electron chi connectivity index (χ3n) is 4.25. The van der Waals surface area contributed by atoms with Gasteiger partial charge in [0, 0.05) is 21.8 Å². The number of aryl methyl sites for hydroxylation is 1. The molecule has 27 heavy (non-hydrogen) atoms. The molecule has 3 N–H and O–H groups in total. The number of esters is 1. The Hall–Kier alpha value is -2.80. The summed E-state index contributed by atoms with van der Waals surface area (Å²) in [7, 11) is 1.35. The minimum Gasteiger partial charge on any atom is -0.505 e. The van der Waals surface area contributed by atoms with Gasteiger partial charge in [0.15, 0.2) is 0 Å². The molecule has 3 rings (SSSR count). The predicted molar refractivity (Wildman–Crippen MR) is 107 cm³/mol. The van der Waals surface area contributed by atoms with Crippen LogP contribution in [0.2, 0.25) is 0 Å². The molecular formula is C20H19BrN2O4. The summed E-state index contributed by atoms with van der Waals surface area (Å²) >= 11 is 3.41. The van der Waals surface area contributed by atoms with Gasteiger partial charge in [-0.3, -0.25) is 9.59 Å². The van der Waals surface area contributed by atoms with E-state index in [1.54, 1.807) is 24.3 Å². The highest BCUT2D eigenvalue weighted by atomic mass is 79.9. The number of amides is 1. The zero-order valence-electron chi connectivity index (χ0n) is 14.7. The Kier molecular flexibility index (Phi) is 5.81. The predicted octanol–water partition coefficient (Wildman–Crippen LogP) is 4.38. The Morgan fingerprint density at radius 2 is 2.04 bits per heavy atom. The van der Waals surface area contributed by atoms with E-state index in [4.69, 9.17) is 0 Å². The van der Waals surface area contributed by atoms with Gasteiger partial charge in [-0.1, -0.05) is 28.1 Å². The largest absolute Gasteiger partial charge is 0.505 e. The number of aromatic nitrogens is 1. The molecule has 0 radical (unpaired) electrons. The van der Waals surface area contributed by atoms with Crippen molar-refractivity contribution in [1.82, 2.24) is 4.98 Å². The minimum absolute atomic E-state index is 0.00886. The molecule has 0 fully saturated rings. The molecule has 1 heterocycles. The first-order valence-electron chi connectivity index (χ1n) is 8.45. The summed E-state index contributed by atoms with van der Waals surface area (Å²) in [6.07, 6.45) is 1.33. The Labute approximate surface area is 164 Å². The van der Waals surface area contributed by atoms with Crippen LogP contribution in [0, 0.1) is 0 Å². The van der Waals surface area contributed by atoms with Crippen molar-refractivity contribution in [1.29, 1.82) is 0 Å². The first-order valence-corrected chi connectivity index (χ1v) is 9.24. The molecule has 0 bridgehead atoms. The Morgan fingerprint density at radius 3 is 2.81 bits per heavy atom. The van der Waals surface area contributed by atoms with Gasteiger partial charge in [0.05, 0.1) is 12.8 Å². The van der Waals surface area contributed by atoms with Crippen molar-refractivity contribution in [2.75, 3.05) is 12.4 Å². The van der Waals surface area contributed by atoms with Crippen molar-refractivity contribution in [3.8, 4) is 5.75 Å². The molecular weight excluding hydrogens is 412 g/mol. The SMILES string of the molecule is COC(=O)CCCc1cccc(NC(=O)c2cc3cc(Br)ccc3[nH]2)c1O. The molecule has 0 saturated carbocycles. The summed E-state index contributed by atoms with van der Waals surface area (Å²) in [5, 5.41) is 14.1. The molecule has 2 aromatic carbocycles. The van der Waals surface area contributed by atoms with Gasteiger partial charge in [0.25, 0.3) is 5.91 Å². The van der Waals surface area contributed by atoms with Crippen molar-refractivity contribution >= 4 is 44.4 Å². The lowest BCUT2D eigenvalue weighted by molar-refractivity contribution is -0.140. The number of nitrogens with one attached hydrogen (secondary N) is 2. The molecule has 0 aliphatic heterocycles. The molecule has 140 valence electrons. The molecule has 3 aromatic rings. The topological polar surface area (TPSA) is 91.4 Å². The lowest BCUT2D eigenvalue weighted by Gasteiger charge is -2.10. The normalized spacial score (nSPS) is 10.7. The van der Waals surface area contributed by atoms with Gasteiger partial charge in [-0.15, -0.1) is 0 Å². The van der Waals surface area contributed by atoms with E-state index in [0.29, 0.717) is 29.8 Å². The number of aromatic amines is 1. The number of carbonyl (C=O) groups excluding carboxylic acids is 2. The third kappa shape index (κ3) is 4.49. The number of para-hydroxylation sites is 1. The third-order valence-corrected chi connectivity index (χ3v) is 4.74. The highest BCUT2D eigenvalue weighted by Gasteiger charge is 2.14. The second-order valence-corrected chi connectivity index (χ2v) is 7.03. The fourth-order valence-corrected chi connectivity index (χ4v) is 3.21. The van der Waals surface area contributed by atoms with Crippen LogP contribution in [0.4, 0.5) is 5.69 Å². The Balaban J connectivity index is 1.73. The first-order chi connectivity index (χ1) is 13.0. The van der Waals surface area contributed by atoms with Crippen molar-refractivity contribution in [3.05, 3.63) is 58.2 Å². The summed E-state index contributed by atoms with van der Waals surface area (Å²) in [4.78, 5) is 26.8. The molecule has 0 aliphatic carbocycles. The number of benzene rings is 2. The number of rotatable bonds is 6. The van der Waals surface area contributed by atoms with E-state index < -0.39 is 0 Å². The van der Waals surface area contributed by atoms with Gasteiger partial charge in [0.1, 0.15) is 11.4 Å². The van der Waals surface area contributed by atoms with Gasteiger partial charge in [-0.05, 0) is 48.7 Å². The standard InChI is InChI=1S/C20H19BrN2O4/c1-27-18(24)7-3-5-12-4-2-6-16(19(12)25)23-20(26)17-11-13-10-14(21)8-9-15(13)22-17/h2,4,6,8-11,22,25H,3,5,7H2,1H3,(H,23,26). The van der Waals surface area contributed by atoms with Gasteiger partial charge in [-0.2, -0.15) is 0 Å². The van der Waals surface area contributed by atoms with E-state index in [2.05, 4.69) is 31.0 Å². The van der Waals surface area contributed by atoms with E-state index in [-0.39, 0.29) is 24.0 Å². The number of phenolic OH excluding ortho intramolecular Hbond substituents is 1. The summed E-state index contributed by atoms with van der Waals surface area (Å²) in [5.41, 5.74) is 2.25. The fraction of sp³-hybridized carbons (Fsp3) is 0.200.